The zero-order valence-corrected chi connectivity index (χ0v) is 33.2. The second kappa shape index (κ2) is 18.8. The summed E-state index contributed by atoms with van der Waals surface area (Å²) in [6, 6.07) is 22.0. The number of ether oxygens (including phenoxy) is 3. The van der Waals surface area contributed by atoms with Gasteiger partial charge in [-0.1, -0.05) is 18.2 Å². The Morgan fingerprint density at radius 3 is 2.30 bits per heavy atom. The molecule has 3 aromatic carbocycles. The Kier molecular flexibility index (Phi) is 13.4. The minimum atomic E-state index is -4.48. The molecule has 57 heavy (non-hydrogen) atoms. The number of carbonyl (C=O) groups excluding carboxylic acids is 1. The molecule has 0 radical (unpaired) electrons. The van der Waals surface area contributed by atoms with Gasteiger partial charge in [0.05, 0.1) is 42.4 Å². The molecule has 0 atom stereocenters. The first-order valence-corrected chi connectivity index (χ1v) is 20.5. The maximum absolute atomic E-state index is 13.1. The number of aromatic nitrogens is 3. The molecule has 1 saturated heterocycles. The van der Waals surface area contributed by atoms with Gasteiger partial charge >= 0.3 is 0 Å². The number of carbonyl (C=O) groups is 1. The monoisotopic (exact) mass is 814 g/mol. The molecule has 0 spiro atoms. The molecule has 1 aliphatic rings. The van der Waals surface area contributed by atoms with Crippen LogP contribution in [0.4, 0.5) is 17.2 Å². The molecule has 6 rings (SSSR count). The number of nitro benzene ring substituents is 1. The van der Waals surface area contributed by atoms with E-state index in [2.05, 4.69) is 25.4 Å². The molecule has 0 saturated carbocycles. The SMILES string of the molecule is CCOc1cncc(-c2cc(OC)c(CN3CCN(c4ccc(C(=O)NS(=O)(=O)c5ccc(NCCSc6ccccc6)c([N+](=O)[O-])c5)nn4)CC3)c(OC)c2)c1. The van der Waals surface area contributed by atoms with Gasteiger partial charge in [0.1, 0.15) is 22.9 Å². The summed E-state index contributed by atoms with van der Waals surface area (Å²) in [5, 5.41) is 23.0. The van der Waals surface area contributed by atoms with Gasteiger partial charge in [0.15, 0.2) is 11.5 Å². The van der Waals surface area contributed by atoms with E-state index in [-0.39, 0.29) is 11.4 Å². The maximum atomic E-state index is 13.1. The molecule has 298 valence electrons. The van der Waals surface area contributed by atoms with E-state index in [1.807, 2.05) is 65.1 Å². The molecule has 3 heterocycles. The van der Waals surface area contributed by atoms with Gasteiger partial charge < -0.3 is 24.4 Å². The third kappa shape index (κ3) is 10.3. The van der Waals surface area contributed by atoms with Crippen molar-refractivity contribution < 1.29 is 32.3 Å². The number of piperazine rings is 1. The molecule has 16 nitrogen and oxygen atoms in total. The van der Waals surface area contributed by atoms with Gasteiger partial charge in [-0.3, -0.25) is 24.8 Å². The van der Waals surface area contributed by atoms with Crippen LogP contribution in [0.1, 0.15) is 23.0 Å². The molecule has 0 bridgehead atoms. The van der Waals surface area contributed by atoms with Crippen molar-refractivity contribution >= 4 is 44.9 Å². The second-order valence-corrected chi connectivity index (χ2v) is 15.6. The molecule has 1 aliphatic heterocycles. The van der Waals surface area contributed by atoms with Crippen LogP contribution in [0.25, 0.3) is 11.1 Å². The van der Waals surface area contributed by atoms with Crippen LogP contribution in [-0.4, -0.2) is 98.6 Å². The van der Waals surface area contributed by atoms with E-state index in [0.717, 1.165) is 27.7 Å². The Morgan fingerprint density at radius 1 is 0.912 bits per heavy atom. The first-order valence-electron chi connectivity index (χ1n) is 18.0. The zero-order valence-electron chi connectivity index (χ0n) is 31.6. The highest BCUT2D eigenvalue weighted by Gasteiger charge is 2.26. The Morgan fingerprint density at radius 2 is 1.65 bits per heavy atom. The number of anilines is 2. The largest absolute Gasteiger partial charge is 0.496 e. The summed E-state index contributed by atoms with van der Waals surface area (Å²) in [4.78, 5) is 33.3. The molecule has 2 N–H and O–H groups in total. The number of thioether (sulfide) groups is 1. The van der Waals surface area contributed by atoms with Gasteiger partial charge in [-0.25, -0.2) is 13.1 Å². The van der Waals surface area contributed by atoms with Crippen LogP contribution in [0.2, 0.25) is 0 Å². The topological polar surface area (TPSA) is 191 Å². The molecule has 0 unspecified atom stereocenters. The van der Waals surface area contributed by atoms with Crippen LogP contribution in [-0.2, 0) is 16.6 Å². The van der Waals surface area contributed by atoms with Gasteiger partial charge in [0.25, 0.3) is 21.6 Å². The molecule has 5 aromatic rings. The second-order valence-electron chi connectivity index (χ2n) is 12.7. The van der Waals surface area contributed by atoms with E-state index in [1.54, 1.807) is 44.4 Å². The van der Waals surface area contributed by atoms with Crippen molar-refractivity contribution in [1.29, 1.82) is 0 Å². The predicted octanol–water partition coefficient (Wildman–Crippen LogP) is 5.51. The van der Waals surface area contributed by atoms with E-state index in [9.17, 15) is 23.3 Å². The number of nitro groups is 1. The smallest absolute Gasteiger partial charge is 0.293 e. The number of nitrogens with one attached hydrogen (secondary N) is 2. The molecule has 0 aliphatic carbocycles. The number of pyridine rings is 1. The molecular weight excluding hydrogens is 773 g/mol. The quantitative estimate of drug-likeness (QED) is 0.0517. The fraction of sp³-hybridized carbons (Fsp3) is 0.282. The number of hydrogen-bond donors (Lipinski definition) is 2. The third-order valence-corrected chi connectivity index (χ3v) is 11.4. The predicted molar refractivity (Wildman–Crippen MR) is 217 cm³/mol. The van der Waals surface area contributed by atoms with Crippen molar-refractivity contribution in [2.45, 2.75) is 23.3 Å². The highest BCUT2D eigenvalue weighted by molar-refractivity contribution is 7.99. The fourth-order valence-corrected chi connectivity index (χ4v) is 7.96. The average Bonchev–Trinajstić information content (AvgIpc) is 3.23. The fourth-order valence-electron chi connectivity index (χ4n) is 6.19. The van der Waals surface area contributed by atoms with Crippen LogP contribution in [0.5, 0.6) is 17.2 Å². The van der Waals surface area contributed by atoms with Gasteiger partial charge in [-0.15, -0.1) is 22.0 Å². The number of nitrogens with zero attached hydrogens (tertiary/aromatic N) is 6. The van der Waals surface area contributed by atoms with Gasteiger partial charge in [-0.2, -0.15) is 0 Å². The standard InChI is InChI=1S/C39H42N8O8S2/c1-4-55-29-20-28(24-40-25-29)27-21-36(53-2)32(37(22-27)54-3)26-45-15-17-46(18-16-45)38-13-12-34(42-43-38)39(48)44-57(51,52)31-10-11-33(35(23-31)47(49)50)41-14-19-56-30-8-6-5-7-9-30/h5-13,20-25,41H,4,14-19,26H2,1-3H3,(H,44,48). The van der Waals surface area contributed by atoms with Crippen molar-refractivity contribution in [1.82, 2.24) is 24.8 Å². The van der Waals surface area contributed by atoms with Gasteiger partial charge in [0, 0.05) is 67.7 Å². The lowest BCUT2D eigenvalue weighted by Gasteiger charge is -2.35. The lowest BCUT2D eigenvalue weighted by Crippen LogP contribution is -2.46. The lowest BCUT2D eigenvalue weighted by molar-refractivity contribution is -0.384. The van der Waals surface area contributed by atoms with E-state index in [0.29, 0.717) is 74.7 Å². The van der Waals surface area contributed by atoms with Crippen molar-refractivity contribution in [2.75, 3.05) is 69.5 Å². The normalized spacial score (nSPS) is 13.1. The first kappa shape index (κ1) is 40.7. The summed E-state index contributed by atoms with van der Waals surface area (Å²) < 4.78 is 45.4. The minimum Gasteiger partial charge on any atom is -0.496 e. The van der Waals surface area contributed by atoms with Crippen LogP contribution in [0.15, 0.2) is 101 Å². The summed E-state index contributed by atoms with van der Waals surface area (Å²) in [5.41, 5.74) is 2.16. The van der Waals surface area contributed by atoms with Crippen molar-refractivity contribution in [2.24, 2.45) is 0 Å². The van der Waals surface area contributed by atoms with Crippen LogP contribution in [0, 0.1) is 10.1 Å². The third-order valence-electron chi connectivity index (χ3n) is 9.06. The molecule has 1 fully saturated rings. The lowest BCUT2D eigenvalue weighted by atomic mass is 10.0. The number of amides is 1. The van der Waals surface area contributed by atoms with E-state index >= 15 is 0 Å². The van der Waals surface area contributed by atoms with Gasteiger partial charge in [-0.05, 0) is 67.1 Å². The summed E-state index contributed by atoms with van der Waals surface area (Å²) in [6.45, 7) is 6.03. The number of methoxy groups -OCH3 is 2. The zero-order chi connectivity index (χ0) is 40.4. The number of hydrogen-bond acceptors (Lipinski definition) is 15. The molecule has 1 amide bonds. The Balaban J connectivity index is 1.04. The molecule has 18 heteroatoms. The van der Waals surface area contributed by atoms with Gasteiger partial charge in [0.2, 0.25) is 0 Å². The maximum Gasteiger partial charge on any atom is 0.293 e. The van der Waals surface area contributed by atoms with E-state index < -0.39 is 31.4 Å². The minimum absolute atomic E-state index is 0.160. The number of rotatable bonds is 17. The van der Waals surface area contributed by atoms with Crippen LogP contribution < -0.4 is 29.1 Å². The number of benzene rings is 3. The highest BCUT2D eigenvalue weighted by atomic mass is 32.2. The van der Waals surface area contributed by atoms with E-state index in [1.165, 1.54) is 18.2 Å². The summed E-state index contributed by atoms with van der Waals surface area (Å²) >= 11 is 1.58. The van der Waals surface area contributed by atoms with Crippen molar-refractivity contribution in [3.05, 3.63) is 113 Å². The summed E-state index contributed by atoms with van der Waals surface area (Å²) in [5.74, 6) is 2.18. The summed E-state index contributed by atoms with van der Waals surface area (Å²) in [7, 11) is -1.22. The molecular formula is C39H42N8O8S2. The van der Waals surface area contributed by atoms with Crippen molar-refractivity contribution in [3.8, 4) is 28.4 Å². The summed E-state index contributed by atoms with van der Waals surface area (Å²) in [6.07, 6.45) is 3.44. The Hall–Kier alpha value is -5.98. The van der Waals surface area contributed by atoms with Crippen LogP contribution >= 0.6 is 11.8 Å². The Bertz CT molecular complexity index is 2270. The van der Waals surface area contributed by atoms with E-state index in [4.69, 9.17) is 14.2 Å². The highest BCUT2D eigenvalue weighted by Crippen LogP contribution is 2.37. The average molecular weight is 815 g/mol. The van der Waals surface area contributed by atoms with Crippen molar-refractivity contribution in [3.63, 3.8) is 0 Å². The first-order chi connectivity index (χ1) is 27.6. The van der Waals surface area contributed by atoms with Crippen LogP contribution in [0.3, 0.4) is 0 Å². The number of sulfonamides is 1. The molecule has 2 aromatic heterocycles. The Labute approximate surface area is 334 Å².